The van der Waals surface area contributed by atoms with Gasteiger partial charge in [-0.1, -0.05) is 5.92 Å². The summed E-state index contributed by atoms with van der Waals surface area (Å²) in [4.78, 5) is 24.1. The molecule has 0 aliphatic heterocycles. The minimum Gasteiger partial charge on any atom is -0.454 e. The Morgan fingerprint density at radius 3 is 2.60 bits per heavy atom. The first-order valence-electron chi connectivity index (χ1n) is 7.32. The normalized spacial score (nSPS) is 10.1. The molecule has 6 heteroatoms. The number of pyridine rings is 1. The van der Waals surface area contributed by atoms with Crippen LogP contribution in [0.15, 0.2) is 55.2 Å². The van der Waals surface area contributed by atoms with Crippen LogP contribution in [0, 0.1) is 18.2 Å². The van der Waals surface area contributed by atoms with Gasteiger partial charge in [-0.15, -0.1) is 6.42 Å². The molecule has 2 aromatic heterocycles. The molecule has 0 fully saturated rings. The topological polar surface area (TPSA) is 65.0 Å². The summed E-state index contributed by atoms with van der Waals surface area (Å²) in [6.45, 7) is 0. The van der Waals surface area contributed by atoms with E-state index in [4.69, 9.17) is 11.2 Å². The van der Waals surface area contributed by atoms with Gasteiger partial charge in [-0.2, -0.15) is 0 Å². The molecule has 0 spiro atoms. The highest BCUT2D eigenvalue weighted by Crippen LogP contribution is 2.23. The van der Waals surface area contributed by atoms with E-state index in [0.29, 0.717) is 17.0 Å². The van der Waals surface area contributed by atoms with Gasteiger partial charge in [0, 0.05) is 29.1 Å². The van der Waals surface area contributed by atoms with Gasteiger partial charge in [-0.05, 0) is 24.3 Å². The van der Waals surface area contributed by atoms with Crippen molar-refractivity contribution in [2.24, 2.45) is 0 Å². The maximum absolute atomic E-state index is 13.8. The van der Waals surface area contributed by atoms with Crippen molar-refractivity contribution in [2.45, 2.75) is 6.42 Å². The van der Waals surface area contributed by atoms with Crippen LogP contribution < -0.4 is 4.74 Å². The Hall–Kier alpha value is -3.59. The molecule has 0 saturated heterocycles. The molecule has 25 heavy (non-hydrogen) atoms. The van der Waals surface area contributed by atoms with Crippen molar-refractivity contribution < 1.29 is 13.9 Å². The Morgan fingerprint density at radius 2 is 1.92 bits per heavy atom. The third kappa shape index (κ3) is 4.24. The summed E-state index contributed by atoms with van der Waals surface area (Å²) in [7, 11) is 0. The van der Waals surface area contributed by atoms with Crippen LogP contribution in [0.1, 0.15) is 21.6 Å². The number of benzene rings is 1. The van der Waals surface area contributed by atoms with Gasteiger partial charge in [0.25, 0.3) is 0 Å². The van der Waals surface area contributed by atoms with E-state index in [1.807, 2.05) is 0 Å². The van der Waals surface area contributed by atoms with Crippen LogP contribution in [0.2, 0.25) is 0 Å². The fourth-order valence-corrected chi connectivity index (χ4v) is 2.14. The van der Waals surface area contributed by atoms with Crippen molar-refractivity contribution in [3.05, 3.63) is 77.9 Å². The molecule has 2 heterocycles. The van der Waals surface area contributed by atoms with Crippen LogP contribution >= 0.6 is 0 Å². The van der Waals surface area contributed by atoms with Crippen LogP contribution in [0.4, 0.5) is 4.39 Å². The Labute approximate surface area is 143 Å². The van der Waals surface area contributed by atoms with Crippen molar-refractivity contribution >= 4 is 5.78 Å². The first-order valence-corrected chi connectivity index (χ1v) is 7.32. The smallest absolute Gasteiger partial charge is 0.169 e. The summed E-state index contributed by atoms with van der Waals surface area (Å²) in [5, 5.41) is 0. The molecule has 0 bridgehead atoms. The average Bonchev–Trinajstić information content (AvgIpc) is 2.62. The van der Waals surface area contributed by atoms with Crippen molar-refractivity contribution in [2.75, 3.05) is 0 Å². The van der Waals surface area contributed by atoms with E-state index in [0.717, 1.165) is 6.07 Å². The number of carbonyl (C=O) groups is 1. The molecule has 0 aliphatic rings. The van der Waals surface area contributed by atoms with Gasteiger partial charge in [0.15, 0.2) is 11.5 Å². The number of halogens is 1. The standard InChI is InChI=1S/C19H12FN3O2/c1-2-13-3-4-16(23-9-13)8-19(24)14-5-15(20)7-17(6-14)25-18-10-21-12-22-11-18/h1,3-7,9-12H,8H2. The summed E-state index contributed by atoms with van der Waals surface area (Å²) in [5.41, 5.74) is 1.37. The largest absolute Gasteiger partial charge is 0.454 e. The van der Waals surface area contributed by atoms with Crippen LogP contribution in [0.5, 0.6) is 11.5 Å². The lowest BCUT2D eigenvalue weighted by molar-refractivity contribution is 0.0991. The number of Topliss-reactive ketones (excluding diaryl/α,β-unsaturated/α-hetero) is 1. The predicted octanol–water partition coefficient (Wildman–Crippen LogP) is 3.21. The zero-order valence-electron chi connectivity index (χ0n) is 13.0. The monoisotopic (exact) mass is 333 g/mol. The number of aromatic nitrogens is 3. The highest BCUT2D eigenvalue weighted by molar-refractivity contribution is 5.97. The van der Waals surface area contributed by atoms with Crippen LogP contribution in [0.3, 0.4) is 0 Å². The zero-order valence-corrected chi connectivity index (χ0v) is 13.0. The summed E-state index contributed by atoms with van der Waals surface area (Å²) < 4.78 is 19.3. The van der Waals surface area contributed by atoms with E-state index in [1.165, 1.54) is 37.1 Å². The van der Waals surface area contributed by atoms with Crippen LogP contribution in [-0.2, 0) is 6.42 Å². The summed E-state index contributed by atoms with van der Waals surface area (Å²) >= 11 is 0. The number of hydrogen-bond donors (Lipinski definition) is 0. The Balaban J connectivity index is 1.79. The third-order valence-electron chi connectivity index (χ3n) is 3.30. The quantitative estimate of drug-likeness (QED) is 0.530. The Kier molecular flexibility index (Phi) is 4.77. The van der Waals surface area contributed by atoms with Gasteiger partial charge in [0.05, 0.1) is 18.8 Å². The van der Waals surface area contributed by atoms with Gasteiger partial charge in [0.1, 0.15) is 17.9 Å². The van der Waals surface area contributed by atoms with Gasteiger partial charge < -0.3 is 4.74 Å². The Morgan fingerprint density at radius 1 is 1.12 bits per heavy atom. The number of terminal acetylenes is 1. The number of ether oxygens (including phenoxy) is 1. The van der Waals surface area contributed by atoms with Gasteiger partial charge in [-0.25, -0.2) is 14.4 Å². The second-order valence-corrected chi connectivity index (χ2v) is 5.13. The predicted molar refractivity (Wildman–Crippen MR) is 88.7 cm³/mol. The zero-order chi connectivity index (χ0) is 17.6. The lowest BCUT2D eigenvalue weighted by Crippen LogP contribution is -2.06. The average molecular weight is 333 g/mol. The summed E-state index contributed by atoms with van der Waals surface area (Å²) in [6, 6.07) is 7.18. The molecule has 0 amide bonds. The second kappa shape index (κ2) is 7.32. The van der Waals surface area contributed by atoms with E-state index in [9.17, 15) is 9.18 Å². The van der Waals surface area contributed by atoms with Crippen molar-refractivity contribution in [1.29, 1.82) is 0 Å². The molecule has 1 aromatic carbocycles. The molecule has 3 rings (SSSR count). The molecular weight excluding hydrogens is 321 g/mol. The van der Waals surface area contributed by atoms with E-state index in [1.54, 1.807) is 12.1 Å². The van der Waals surface area contributed by atoms with Crippen LogP contribution in [0.25, 0.3) is 0 Å². The number of nitrogens with zero attached hydrogens (tertiary/aromatic N) is 3. The lowest BCUT2D eigenvalue weighted by atomic mass is 10.1. The molecule has 0 radical (unpaired) electrons. The lowest BCUT2D eigenvalue weighted by Gasteiger charge is -2.07. The third-order valence-corrected chi connectivity index (χ3v) is 3.30. The van der Waals surface area contributed by atoms with Crippen molar-refractivity contribution in [3.63, 3.8) is 0 Å². The number of ketones is 1. The highest BCUT2D eigenvalue weighted by Gasteiger charge is 2.12. The Bertz CT molecular complexity index is 935. The number of hydrogen-bond acceptors (Lipinski definition) is 5. The van der Waals surface area contributed by atoms with Crippen molar-refractivity contribution in [1.82, 2.24) is 15.0 Å². The van der Waals surface area contributed by atoms with Crippen molar-refractivity contribution in [3.8, 4) is 23.8 Å². The van der Waals surface area contributed by atoms with E-state index in [-0.39, 0.29) is 23.5 Å². The fourth-order valence-electron chi connectivity index (χ4n) is 2.14. The molecule has 0 N–H and O–H groups in total. The molecule has 0 saturated carbocycles. The molecule has 0 unspecified atom stereocenters. The summed E-state index contributed by atoms with van der Waals surface area (Å²) in [5.74, 6) is 2.13. The summed E-state index contributed by atoms with van der Waals surface area (Å²) in [6.07, 6.45) is 11.0. The number of rotatable bonds is 5. The van der Waals surface area contributed by atoms with E-state index < -0.39 is 5.82 Å². The molecule has 0 aliphatic carbocycles. The van der Waals surface area contributed by atoms with Gasteiger partial charge in [-0.3, -0.25) is 9.78 Å². The first kappa shape index (κ1) is 16.3. The molecule has 3 aromatic rings. The van der Waals surface area contributed by atoms with Gasteiger partial charge in [0.2, 0.25) is 0 Å². The minimum absolute atomic E-state index is 0.0300. The maximum Gasteiger partial charge on any atom is 0.169 e. The fraction of sp³-hybridized carbons (Fsp3) is 0.0526. The molecule has 5 nitrogen and oxygen atoms in total. The highest BCUT2D eigenvalue weighted by atomic mass is 19.1. The first-order chi connectivity index (χ1) is 12.1. The SMILES string of the molecule is C#Cc1ccc(CC(=O)c2cc(F)cc(Oc3cncnc3)c2)nc1. The van der Waals surface area contributed by atoms with Crippen LogP contribution in [-0.4, -0.2) is 20.7 Å². The minimum atomic E-state index is -0.576. The molecular formula is C19H12FN3O2. The second-order valence-electron chi connectivity index (χ2n) is 5.13. The maximum atomic E-state index is 13.8. The molecule has 0 atom stereocenters. The van der Waals surface area contributed by atoms with Gasteiger partial charge >= 0.3 is 0 Å². The number of carbonyl (C=O) groups excluding carboxylic acids is 1. The molecule has 122 valence electrons. The van der Waals surface area contributed by atoms with E-state index in [2.05, 4.69) is 20.9 Å². The van der Waals surface area contributed by atoms with E-state index >= 15 is 0 Å².